The highest BCUT2D eigenvalue weighted by Gasteiger charge is 2.24. The molecule has 1 aromatic heterocycles. The normalized spacial score (nSPS) is 21.6. The molecular formula is C11H17N3O3. The quantitative estimate of drug-likeness (QED) is 0.766. The fourth-order valence-corrected chi connectivity index (χ4v) is 1.72. The van der Waals surface area contributed by atoms with E-state index >= 15 is 0 Å². The molecule has 1 atom stereocenters. The number of morpholine rings is 1. The van der Waals surface area contributed by atoms with Gasteiger partial charge in [-0.3, -0.25) is 0 Å². The third-order valence-corrected chi connectivity index (χ3v) is 2.73. The summed E-state index contributed by atoms with van der Waals surface area (Å²) in [5.41, 5.74) is 0. The topological polar surface area (TPSA) is 68.5 Å². The Morgan fingerprint density at radius 3 is 3.12 bits per heavy atom. The molecular weight excluding hydrogens is 222 g/mol. The number of ether oxygens (including phenoxy) is 1. The summed E-state index contributed by atoms with van der Waals surface area (Å²) in [7, 11) is 2.03. The predicted molar refractivity (Wildman–Crippen MR) is 59.5 cm³/mol. The second-order valence-corrected chi connectivity index (χ2v) is 4.37. The van der Waals surface area contributed by atoms with Gasteiger partial charge in [-0.25, -0.2) is 0 Å². The maximum atomic E-state index is 10.8. The number of likely N-dealkylation sites (N-methyl/N-ethyl adjacent to an activating group) is 1. The Morgan fingerprint density at radius 1 is 1.59 bits per heavy atom. The van der Waals surface area contributed by atoms with Crippen LogP contribution in [0.5, 0.6) is 0 Å². The van der Waals surface area contributed by atoms with Gasteiger partial charge in [0.2, 0.25) is 11.7 Å². The van der Waals surface area contributed by atoms with Crippen molar-refractivity contribution >= 4 is 5.78 Å². The van der Waals surface area contributed by atoms with Crippen molar-refractivity contribution in [3.63, 3.8) is 0 Å². The minimum atomic E-state index is -0.122. The zero-order valence-corrected chi connectivity index (χ0v) is 10.2. The summed E-state index contributed by atoms with van der Waals surface area (Å²) in [6.45, 7) is 3.92. The molecule has 0 aliphatic carbocycles. The number of ketones is 1. The molecule has 0 radical (unpaired) electrons. The monoisotopic (exact) mass is 239 g/mol. The Hall–Kier alpha value is -1.27. The number of hydrogen-bond donors (Lipinski definition) is 0. The number of hydrogen-bond acceptors (Lipinski definition) is 6. The number of rotatable bonds is 4. The van der Waals surface area contributed by atoms with E-state index in [4.69, 9.17) is 9.26 Å². The lowest BCUT2D eigenvalue weighted by molar-refractivity contribution is -0.117. The Balaban J connectivity index is 1.95. The zero-order valence-electron chi connectivity index (χ0n) is 10.2. The Morgan fingerprint density at radius 2 is 2.41 bits per heavy atom. The van der Waals surface area contributed by atoms with E-state index in [2.05, 4.69) is 15.0 Å². The van der Waals surface area contributed by atoms with E-state index in [-0.39, 0.29) is 11.9 Å². The van der Waals surface area contributed by atoms with Crippen LogP contribution in [0.2, 0.25) is 0 Å². The lowest BCUT2D eigenvalue weighted by Crippen LogP contribution is -2.35. The van der Waals surface area contributed by atoms with Crippen molar-refractivity contribution in [1.82, 2.24) is 15.0 Å². The van der Waals surface area contributed by atoms with Gasteiger partial charge in [-0.2, -0.15) is 4.98 Å². The summed E-state index contributed by atoms with van der Waals surface area (Å²) in [6, 6.07) is 0. The number of aromatic nitrogens is 2. The lowest BCUT2D eigenvalue weighted by atomic mass is 10.2. The number of carbonyl (C=O) groups excluding carboxylic acids is 1. The van der Waals surface area contributed by atoms with Crippen LogP contribution in [0.25, 0.3) is 0 Å². The first-order chi connectivity index (χ1) is 8.15. The van der Waals surface area contributed by atoms with Crippen LogP contribution in [0.3, 0.4) is 0 Å². The van der Waals surface area contributed by atoms with Gasteiger partial charge in [-0.15, -0.1) is 0 Å². The molecule has 94 valence electrons. The van der Waals surface area contributed by atoms with Crippen LogP contribution in [-0.2, 0) is 16.0 Å². The molecule has 1 aromatic rings. The highest BCUT2D eigenvalue weighted by atomic mass is 16.5. The molecule has 0 saturated carbocycles. The summed E-state index contributed by atoms with van der Waals surface area (Å²) in [5.74, 6) is 1.21. The first kappa shape index (κ1) is 12.2. The second kappa shape index (κ2) is 5.37. The van der Waals surface area contributed by atoms with Crippen molar-refractivity contribution in [3.8, 4) is 0 Å². The third kappa shape index (κ3) is 3.34. The van der Waals surface area contributed by atoms with Crippen molar-refractivity contribution in [2.75, 3.05) is 26.7 Å². The molecule has 1 aliphatic rings. The first-order valence-electron chi connectivity index (χ1n) is 5.77. The molecule has 2 heterocycles. The molecule has 0 N–H and O–H groups in total. The molecule has 1 fully saturated rings. The predicted octanol–water partition coefficient (Wildman–Crippen LogP) is 0.594. The van der Waals surface area contributed by atoms with Gasteiger partial charge >= 0.3 is 0 Å². The van der Waals surface area contributed by atoms with Gasteiger partial charge in [0.15, 0.2) is 0 Å². The van der Waals surface area contributed by atoms with Crippen molar-refractivity contribution < 1.29 is 14.1 Å². The van der Waals surface area contributed by atoms with Crippen LogP contribution in [0.1, 0.15) is 31.2 Å². The molecule has 1 saturated heterocycles. The standard InChI is InChI=1S/C11H17N3O3/c1-8(15)3-4-10-12-11(13-17-10)9-7-14(2)5-6-16-9/h9H,3-7H2,1-2H3. The van der Waals surface area contributed by atoms with E-state index in [1.165, 1.54) is 0 Å². The molecule has 6 heteroatoms. The van der Waals surface area contributed by atoms with E-state index in [1.807, 2.05) is 7.05 Å². The van der Waals surface area contributed by atoms with Gasteiger partial charge in [0.25, 0.3) is 0 Å². The first-order valence-corrected chi connectivity index (χ1v) is 5.77. The summed E-state index contributed by atoms with van der Waals surface area (Å²) >= 11 is 0. The van der Waals surface area contributed by atoms with Crippen molar-refractivity contribution in [2.45, 2.75) is 25.9 Å². The lowest BCUT2D eigenvalue weighted by Gasteiger charge is -2.27. The summed E-state index contributed by atoms with van der Waals surface area (Å²) < 4.78 is 10.7. The van der Waals surface area contributed by atoms with E-state index in [9.17, 15) is 4.79 Å². The van der Waals surface area contributed by atoms with Crippen LogP contribution >= 0.6 is 0 Å². The van der Waals surface area contributed by atoms with E-state index < -0.39 is 0 Å². The van der Waals surface area contributed by atoms with E-state index in [0.29, 0.717) is 31.2 Å². The largest absolute Gasteiger partial charge is 0.367 e. The van der Waals surface area contributed by atoms with Crippen LogP contribution in [0, 0.1) is 0 Å². The summed E-state index contributed by atoms with van der Waals surface area (Å²) in [6.07, 6.45) is 0.821. The number of carbonyl (C=O) groups is 1. The Labute approximate surface area is 99.9 Å². The van der Waals surface area contributed by atoms with Gasteiger partial charge in [-0.1, -0.05) is 5.16 Å². The van der Waals surface area contributed by atoms with Crippen molar-refractivity contribution in [3.05, 3.63) is 11.7 Å². The molecule has 0 amide bonds. The van der Waals surface area contributed by atoms with Crippen LogP contribution in [-0.4, -0.2) is 47.6 Å². The molecule has 1 aliphatic heterocycles. The molecule has 17 heavy (non-hydrogen) atoms. The van der Waals surface area contributed by atoms with Gasteiger partial charge in [-0.05, 0) is 14.0 Å². The van der Waals surface area contributed by atoms with Crippen molar-refractivity contribution in [1.29, 1.82) is 0 Å². The minimum absolute atomic E-state index is 0.122. The second-order valence-electron chi connectivity index (χ2n) is 4.37. The molecule has 2 rings (SSSR count). The smallest absolute Gasteiger partial charge is 0.227 e. The van der Waals surface area contributed by atoms with Gasteiger partial charge in [0.05, 0.1) is 6.61 Å². The zero-order chi connectivity index (χ0) is 12.3. The van der Waals surface area contributed by atoms with Crippen LogP contribution in [0.4, 0.5) is 0 Å². The average molecular weight is 239 g/mol. The molecule has 0 bridgehead atoms. The molecule has 0 aromatic carbocycles. The maximum absolute atomic E-state index is 10.8. The molecule has 1 unspecified atom stereocenters. The highest BCUT2D eigenvalue weighted by molar-refractivity contribution is 5.75. The Bertz CT molecular complexity index is 391. The fraction of sp³-hybridized carbons (Fsp3) is 0.727. The third-order valence-electron chi connectivity index (χ3n) is 2.73. The molecule has 6 nitrogen and oxygen atoms in total. The summed E-state index contributed by atoms with van der Waals surface area (Å²) in [5, 5.41) is 3.90. The number of aryl methyl sites for hydroxylation is 1. The van der Waals surface area contributed by atoms with Crippen molar-refractivity contribution in [2.24, 2.45) is 0 Å². The maximum Gasteiger partial charge on any atom is 0.227 e. The Kier molecular flexibility index (Phi) is 3.86. The van der Waals surface area contributed by atoms with Crippen LogP contribution < -0.4 is 0 Å². The SMILES string of the molecule is CC(=O)CCc1nc(C2CN(C)CCO2)no1. The minimum Gasteiger partial charge on any atom is -0.367 e. The average Bonchev–Trinajstić information content (AvgIpc) is 2.75. The van der Waals surface area contributed by atoms with Gasteiger partial charge < -0.3 is 19.0 Å². The summed E-state index contributed by atoms with van der Waals surface area (Å²) in [4.78, 5) is 17.3. The highest BCUT2D eigenvalue weighted by Crippen LogP contribution is 2.18. The van der Waals surface area contributed by atoms with E-state index in [1.54, 1.807) is 6.92 Å². The number of nitrogens with zero attached hydrogens (tertiary/aromatic N) is 3. The van der Waals surface area contributed by atoms with Gasteiger partial charge in [0, 0.05) is 25.9 Å². The van der Waals surface area contributed by atoms with Crippen LogP contribution in [0.15, 0.2) is 4.52 Å². The number of Topliss-reactive ketones (excluding diaryl/α,β-unsaturated/α-hetero) is 1. The fourth-order valence-electron chi connectivity index (χ4n) is 1.72. The van der Waals surface area contributed by atoms with E-state index in [0.717, 1.165) is 13.1 Å². The van der Waals surface area contributed by atoms with Gasteiger partial charge in [0.1, 0.15) is 11.9 Å². The molecule has 0 spiro atoms.